The first-order valence-corrected chi connectivity index (χ1v) is 12.2. The lowest BCUT2D eigenvalue weighted by Crippen LogP contribution is -2.54. The van der Waals surface area contributed by atoms with Crippen LogP contribution in [0.5, 0.6) is 0 Å². The van der Waals surface area contributed by atoms with E-state index < -0.39 is 35.1 Å². The largest absolute Gasteiger partial charge is 0.352 e. The van der Waals surface area contributed by atoms with Crippen molar-refractivity contribution in [2.24, 2.45) is 11.8 Å². The summed E-state index contributed by atoms with van der Waals surface area (Å²) in [5.74, 6) is -3.21. The van der Waals surface area contributed by atoms with Crippen molar-refractivity contribution < 1.29 is 14.4 Å². The smallest absolute Gasteiger partial charge is 0.255 e. The fourth-order valence-electron chi connectivity index (χ4n) is 5.64. The fourth-order valence-corrected chi connectivity index (χ4v) is 6.69. The number of halogens is 4. The zero-order valence-electron chi connectivity index (χ0n) is 17.8. The van der Waals surface area contributed by atoms with E-state index in [9.17, 15) is 14.4 Å². The van der Waals surface area contributed by atoms with Crippen LogP contribution < -0.4 is 15.1 Å². The van der Waals surface area contributed by atoms with E-state index in [-0.39, 0.29) is 27.3 Å². The van der Waals surface area contributed by atoms with Crippen molar-refractivity contribution in [3.63, 3.8) is 0 Å². The standard InChI is InChI=1S/C25H15Cl4N3O3/c26-12-6-13(27)8-16(7-12)32-22(33)17-11-31(15-4-2-1-3-5-15)25(20(17)23(32)34)18-9-14(28)10-19(29)21(18)30-24(25)35/h1-10,17,20H,11H2,(H,30,35). The Morgan fingerprint density at radius 2 is 1.46 bits per heavy atom. The van der Waals surface area contributed by atoms with E-state index in [1.807, 2.05) is 35.2 Å². The molecule has 0 radical (unpaired) electrons. The summed E-state index contributed by atoms with van der Waals surface area (Å²) >= 11 is 25.1. The Morgan fingerprint density at radius 1 is 0.800 bits per heavy atom. The number of carbonyl (C=O) groups is 3. The lowest BCUT2D eigenvalue weighted by Gasteiger charge is -2.38. The molecule has 3 aromatic rings. The third-order valence-electron chi connectivity index (χ3n) is 6.91. The van der Waals surface area contributed by atoms with Crippen molar-refractivity contribution in [2.45, 2.75) is 5.54 Å². The minimum Gasteiger partial charge on any atom is -0.352 e. The number of hydrogen-bond acceptors (Lipinski definition) is 4. The molecule has 1 N–H and O–H groups in total. The molecule has 176 valence electrons. The van der Waals surface area contributed by atoms with Gasteiger partial charge >= 0.3 is 0 Å². The molecule has 0 saturated carbocycles. The van der Waals surface area contributed by atoms with Gasteiger partial charge in [0.1, 0.15) is 0 Å². The van der Waals surface area contributed by atoms with E-state index in [0.717, 1.165) is 4.90 Å². The van der Waals surface area contributed by atoms with Gasteiger partial charge in [0.05, 0.1) is 28.2 Å². The van der Waals surface area contributed by atoms with Gasteiger partial charge in [-0.2, -0.15) is 0 Å². The number of benzene rings is 3. The summed E-state index contributed by atoms with van der Waals surface area (Å²) < 4.78 is 0. The van der Waals surface area contributed by atoms with E-state index in [1.165, 1.54) is 24.3 Å². The molecule has 0 aliphatic carbocycles. The van der Waals surface area contributed by atoms with Crippen LogP contribution in [0.4, 0.5) is 17.1 Å². The molecule has 0 aromatic heterocycles. The highest BCUT2D eigenvalue weighted by molar-refractivity contribution is 6.39. The van der Waals surface area contributed by atoms with Gasteiger partial charge < -0.3 is 10.2 Å². The van der Waals surface area contributed by atoms with Crippen molar-refractivity contribution in [2.75, 3.05) is 21.7 Å². The first-order chi connectivity index (χ1) is 16.7. The van der Waals surface area contributed by atoms with Gasteiger partial charge in [-0.05, 0) is 42.5 Å². The first kappa shape index (κ1) is 22.7. The predicted molar refractivity (Wildman–Crippen MR) is 136 cm³/mol. The van der Waals surface area contributed by atoms with Gasteiger partial charge in [0.2, 0.25) is 11.8 Å². The average molecular weight is 547 g/mol. The summed E-state index contributed by atoms with van der Waals surface area (Å²) in [6.07, 6.45) is 0. The Labute approximate surface area is 220 Å². The van der Waals surface area contributed by atoms with E-state index in [1.54, 1.807) is 6.07 Å². The van der Waals surface area contributed by atoms with Gasteiger partial charge in [-0.3, -0.25) is 14.4 Å². The summed E-state index contributed by atoms with van der Waals surface area (Å²) in [5.41, 5.74) is 0.269. The Kier molecular flexibility index (Phi) is 5.10. The van der Waals surface area contributed by atoms with Crippen molar-refractivity contribution >= 4 is 81.2 Å². The highest BCUT2D eigenvalue weighted by Crippen LogP contribution is 2.58. The molecule has 6 nitrogen and oxygen atoms in total. The molecule has 2 saturated heterocycles. The van der Waals surface area contributed by atoms with Crippen LogP contribution in [-0.4, -0.2) is 24.3 Å². The van der Waals surface area contributed by atoms with Crippen molar-refractivity contribution in [1.82, 2.24) is 0 Å². The van der Waals surface area contributed by atoms with E-state index in [4.69, 9.17) is 46.4 Å². The lowest BCUT2D eigenvalue weighted by atomic mass is 9.76. The molecule has 10 heteroatoms. The lowest BCUT2D eigenvalue weighted by molar-refractivity contribution is -0.129. The molecule has 2 fully saturated rings. The number of para-hydroxylation sites is 1. The zero-order valence-corrected chi connectivity index (χ0v) is 20.8. The van der Waals surface area contributed by atoms with Crippen LogP contribution in [0.3, 0.4) is 0 Å². The number of anilines is 3. The second kappa shape index (κ2) is 7.87. The van der Waals surface area contributed by atoms with Crippen LogP contribution in [0.1, 0.15) is 5.56 Å². The van der Waals surface area contributed by atoms with Crippen LogP contribution >= 0.6 is 46.4 Å². The molecule has 1 spiro atoms. The summed E-state index contributed by atoms with van der Waals surface area (Å²) in [5, 5.41) is 3.99. The number of hydrogen-bond donors (Lipinski definition) is 1. The van der Waals surface area contributed by atoms with Crippen LogP contribution in [0.2, 0.25) is 20.1 Å². The van der Waals surface area contributed by atoms with Crippen molar-refractivity contribution in [3.8, 4) is 0 Å². The number of amides is 3. The minimum absolute atomic E-state index is 0.140. The Balaban J connectivity index is 1.59. The average Bonchev–Trinajstić information content (AvgIpc) is 3.39. The van der Waals surface area contributed by atoms with Crippen molar-refractivity contribution in [3.05, 3.63) is 86.3 Å². The Bertz CT molecular complexity index is 1430. The number of fused-ring (bicyclic) bond motifs is 4. The molecule has 35 heavy (non-hydrogen) atoms. The van der Waals surface area contributed by atoms with E-state index in [0.29, 0.717) is 22.0 Å². The Morgan fingerprint density at radius 3 is 2.14 bits per heavy atom. The molecule has 6 rings (SSSR count). The SMILES string of the molecule is O=C1C2CN(c3ccccc3)C3(C(=O)Nc4c(Cl)cc(Cl)cc43)C2C(=O)N1c1cc(Cl)cc(Cl)c1. The molecule has 3 atom stereocenters. The molecular formula is C25H15Cl4N3O3. The third-order valence-corrected chi connectivity index (χ3v) is 7.86. The van der Waals surface area contributed by atoms with E-state index >= 15 is 0 Å². The molecule has 3 amide bonds. The summed E-state index contributed by atoms with van der Waals surface area (Å²) in [6.45, 7) is 0.140. The molecule has 3 unspecified atom stereocenters. The summed E-state index contributed by atoms with van der Waals surface area (Å²) in [7, 11) is 0. The van der Waals surface area contributed by atoms with Gasteiger partial charge in [0.25, 0.3) is 5.91 Å². The number of imide groups is 1. The second-order valence-electron chi connectivity index (χ2n) is 8.70. The molecule has 0 bridgehead atoms. The number of nitrogens with zero attached hydrogens (tertiary/aromatic N) is 2. The molecular weight excluding hydrogens is 532 g/mol. The number of rotatable bonds is 2. The maximum atomic E-state index is 14.0. The van der Waals surface area contributed by atoms with Gasteiger partial charge in [-0.25, -0.2) is 4.90 Å². The molecule has 3 aromatic carbocycles. The Hall–Kier alpha value is -2.77. The van der Waals surface area contributed by atoms with Crippen LogP contribution in [0.15, 0.2) is 60.7 Å². The van der Waals surface area contributed by atoms with Crippen LogP contribution in [-0.2, 0) is 19.9 Å². The van der Waals surface area contributed by atoms with Crippen molar-refractivity contribution in [1.29, 1.82) is 0 Å². The molecule has 3 aliphatic rings. The van der Waals surface area contributed by atoms with Gasteiger partial charge in [0, 0.05) is 32.9 Å². The fraction of sp³-hybridized carbons (Fsp3) is 0.160. The van der Waals surface area contributed by atoms with Gasteiger partial charge in [0.15, 0.2) is 5.54 Å². The zero-order chi connectivity index (χ0) is 24.6. The third kappa shape index (κ3) is 3.07. The predicted octanol–water partition coefficient (Wildman–Crippen LogP) is 5.77. The van der Waals surface area contributed by atoms with E-state index in [2.05, 4.69) is 5.32 Å². The van der Waals surface area contributed by atoms with Gasteiger partial charge in [-0.15, -0.1) is 0 Å². The summed E-state index contributed by atoms with van der Waals surface area (Å²) in [6, 6.07) is 16.9. The molecule has 3 heterocycles. The first-order valence-electron chi connectivity index (χ1n) is 10.7. The van der Waals surface area contributed by atoms with Crippen LogP contribution in [0, 0.1) is 11.8 Å². The summed E-state index contributed by atoms with van der Waals surface area (Å²) in [4.78, 5) is 44.5. The highest BCUT2D eigenvalue weighted by atomic mass is 35.5. The highest BCUT2D eigenvalue weighted by Gasteiger charge is 2.71. The minimum atomic E-state index is -1.53. The monoisotopic (exact) mass is 545 g/mol. The number of nitrogens with one attached hydrogen (secondary N) is 1. The molecule has 3 aliphatic heterocycles. The maximum absolute atomic E-state index is 14.0. The second-order valence-corrected chi connectivity index (χ2v) is 10.4. The topological polar surface area (TPSA) is 69.7 Å². The maximum Gasteiger partial charge on any atom is 0.255 e. The van der Waals surface area contributed by atoms with Gasteiger partial charge in [-0.1, -0.05) is 64.6 Å². The normalized spacial score (nSPS) is 24.9. The van der Waals surface area contributed by atoms with Crippen LogP contribution in [0.25, 0.3) is 0 Å². The number of carbonyl (C=O) groups excluding carboxylic acids is 3. The quantitative estimate of drug-likeness (QED) is 0.414.